The van der Waals surface area contributed by atoms with Gasteiger partial charge < -0.3 is 15.2 Å². The summed E-state index contributed by atoms with van der Waals surface area (Å²) in [5.74, 6) is -1.22. The first-order valence-corrected chi connectivity index (χ1v) is 10.8. The quantitative estimate of drug-likeness (QED) is 0.555. The Hall–Kier alpha value is -2.55. The van der Waals surface area contributed by atoms with Gasteiger partial charge in [0, 0.05) is 12.0 Å². The standard InChI is InChI=1S/C20H26N2O6S/c1-4-5-16(23)13-6-7-17-15(10-13)22(19(25)12(2)28-17)11-18(24)21-14(20(26)27)8-9-29-3/h6-7,10,12,14H,4-5,8-9,11H2,1-3H3,(H,21,24)(H,26,27). The number of nitrogens with one attached hydrogen (secondary N) is 1. The zero-order valence-corrected chi connectivity index (χ0v) is 17.6. The second-order valence-corrected chi connectivity index (χ2v) is 7.77. The fourth-order valence-corrected chi connectivity index (χ4v) is 3.46. The van der Waals surface area contributed by atoms with Crippen LogP contribution in [0.1, 0.15) is 43.5 Å². The highest BCUT2D eigenvalue weighted by Crippen LogP contribution is 2.35. The van der Waals surface area contributed by atoms with Crippen molar-refractivity contribution in [3.63, 3.8) is 0 Å². The van der Waals surface area contributed by atoms with Crippen molar-refractivity contribution in [1.29, 1.82) is 0 Å². The Balaban J connectivity index is 2.24. The van der Waals surface area contributed by atoms with Gasteiger partial charge in [0.15, 0.2) is 11.9 Å². The fourth-order valence-electron chi connectivity index (χ4n) is 2.99. The minimum Gasteiger partial charge on any atom is -0.480 e. The van der Waals surface area contributed by atoms with Crippen LogP contribution in [-0.4, -0.2) is 59.4 Å². The van der Waals surface area contributed by atoms with Crippen molar-refractivity contribution in [1.82, 2.24) is 5.32 Å². The number of carbonyl (C=O) groups excluding carboxylic acids is 3. The highest BCUT2D eigenvalue weighted by molar-refractivity contribution is 7.98. The molecular formula is C20H26N2O6S. The molecule has 9 heteroatoms. The highest BCUT2D eigenvalue weighted by Gasteiger charge is 2.34. The number of carbonyl (C=O) groups is 4. The number of fused-ring (bicyclic) bond motifs is 1. The van der Waals surface area contributed by atoms with E-state index in [1.165, 1.54) is 16.7 Å². The number of anilines is 1. The van der Waals surface area contributed by atoms with Crippen molar-refractivity contribution in [2.24, 2.45) is 0 Å². The molecule has 0 fully saturated rings. The van der Waals surface area contributed by atoms with Crippen LogP contribution < -0.4 is 15.0 Å². The van der Waals surface area contributed by atoms with Gasteiger partial charge in [0.05, 0.1) is 5.69 Å². The average Bonchev–Trinajstić information content (AvgIpc) is 2.68. The van der Waals surface area contributed by atoms with Crippen molar-refractivity contribution in [2.75, 3.05) is 23.5 Å². The number of carboxylic acids is 1. The molecule has 0 saturated heterocycles. The fraction of sp³-hybridized carbons (Fsp3) is 0.500. The van der Waals surface area contributed by atoms with Gasteiger partial charge >= 0.3 is 5.97 Å². The Labute approximate surface area is 174 Å². The summed E-state index contributed by atoms with van der Waals surface area (Å²) in [6, 6.07) is 3.78. The van der Waals surface area contributed by atoms with Crippen LogP contribution in [-0.2, 0) is 14.4 Å². The van der Waals surface area contributed by atoms with E-state index >= 15 is 0 Å². The van der Waals surface area contributed by atoms with Gasteiger partial charge in [-0.1, -0.05) is 6.92 Å². The van der Waals surface area contributed by atoms with E-state index in [0.29, 0.717) is 35.6 Å². The number of thioether (sulfide) groups is 1. The summed E-state index contributed by atoms with van der Waals surface area (Å²) in [5.41, 5.74) is 0.770. The number of ketones is 1. The first-order chi connectivity index (χ1) is 13.8. The van der Waals surface area contributed by atoms with Crippen LogP contribution in [0.25, 0.3) is 0 Å². The first kappa shape index (κ1) is 22.7. The van der Waals surface area contributed by atoms with Crippen LogP contribution in [0, 0.1) is 0 Å². The van der Waals surface area contributed by atoms with Crippen molar-refractivity contribution in [3.05, 3.63) is 23.8 Å². The minimum atomic E-state index is -1.12. The molecule has 0 bridgehead atoms. The number of carboxylic acid groups (broad SMARTS) is 1. The monoisotopic (exact) mass is 422 g/mol. The molecule has 1 aromatic rings. The number of benzene rings is 1. The van der Waals surface area contributed by atoms with Crippen molar-refractivity contribution < 1.29 is 29.0 Å². The topological polar surface area (TPSA) is 113 Å². The number of hydrogen-bond acceptors (Lipinski definition) is 6. The average molecular weight is 423 g/mol. The molecule has 2 N–H and O–H groups in total. The summed E-state index contributed by atoms with van der Waals surface area (Å²) in [6.07, 6.45) is 2.41. The summed E-state index contributed by atoms with van der Waals surface area (Å²) in [6.45, 7) is 3.12. The molecule has 0 radical (unpaired) electrons. The second-order valence-electron chi connectivity index (χ2n) is 6.78. The Kier molecular flexibility index (Phi) is 8.07. The van der Waals surface area contributed by atoms with Crippen molar-refractivity contribution >= 4 is 41.0 Å². The lowest BCUT2D eigenvalue weighted by atomic mass is 10.0. The minimum absolute atomic E-state index is 0.0613. The third-order valence-corrected chi connectivity index (χ3v) is 5.16. The first-order valence-electron chi connectivity index (χ1n) is 9.44. The Bertz CT molecular complexity index is 797. The molecule has 1 heterocycles. The molecule has 2 amide bonds. The lowest BCUT2D eigenvalue weighted by Gasteiger charge is -2.33. The number of nitrogens with zero attached hydrogens (tertiary/aromatic N) is 1. The third-order valence-electron chi connectivity index (χ3n) is 4.51. The summed E-state index contributed by atoms with van der Waals surface area (Å²) >= 11 is 1.48. The maximum absolute atomic E-state index is 12.6. The summed E-state index contributed by atoms with van der Waals surface area (Å²) in [4.78, 5) is 50.0. The Morgan fingerprint density at radius 3 is 2.69 bits per heavy atom. The number of Topliss-reactive ketones (excluding diaryl/α,β-unsaturated/α-hetero) is 1. The van der Waals surface area contributed by atoms with Gasteiger partial charge in [0.25, 0.3) is 5.91 Å². The zero-order valence-electron chi connectivity index (χ0n) is 16.8. The van der Waals surface area contributed by atoms with E-state index in [9.17, 15) is 24.3 Å². The third kappa shape index (κ3) is 5.72. The number of ether oxygens (including phenoxy) is 1. The van der Waals surface area contributed by atoms with E-state index in [1.54, 1.807) is 25.1 Å². The lowest BCUT2D eigenvalue weighted by molar-refractivity contribution is -0.141. The number of aliphatic carboxylic acids is 1. The molecule has 158 valence electrons. The van der Waals surface area contributed by atoms with Crippen LogP contribution in [0.4, 0.5) is 5.69 Å². The Morgan fingerprint density at radius 1 is 1.34 bits per heavy atom. The number of amides is 2. The smallest absolute Gasteiger partial charge is 0.326 e. The van der Waals surface area contributed by atoms with Crippen LogP contribution in [0.15, 0.2) is 18.2 Å². The van der Waals surface area contributed by atoms with E-state index in [-0.39, 0.29) is 18.7 Å². The van der Waals surface area contributed by atoms with Gasteiger partial charge in [-0.3, -0.25) is 19.3 Å². The van der Waals surface area contributed by atoms with Crippen molar-refractivity contribution in [2.45, 2.75) is 45.3 Å². The van der Waals surface area contributed by atoms with E-state index < -0.39 is 29.9 Å². The molecule has 0 saturated carbocycles. The maximum atomic E-state index is 12.6. The predicted molar refractivity (Wildman–Crippen MR) is 111 cm³/mol. The molecule has 2 unspecified atom stereocenters. The summed E-state index contributed by atoms with van der Waals surface area (Å²) in [5, 5.41) is 11.8. The van der Waals surface area contributed by atoms with Gasteiger partial charge in [-0.2, -0.15) is 11.8 Å². The summed E-state index contributed by atoms with van der Waals surface area (Å²) in [7, 11) is 0. The van der Waals surface area contributed by atoms with E-state index in [4.69, 9.17) is 4.74 Å². The lowest BCUT2D eigenvalue weighted by Crippen LogP contribution is -2.51. The molecular weight excluding hydrogens is 396 g/mol. The van der Waals surface area contributed by atoms with E-state index in [0.717, 1.165) is 0 Å². The molecule has 0 spiro atoms. The van der Waals surface area contributed by atoms with Gasteiger partial charge in [0.1, 0.15) is 18.3 Å². The molecule has 8 nitrogen and oxygen atoms in total. The molecule has 29 heavy (non-hydrogen) atoms. The highest BCUT2D eigenvalue weighted by atomic mass is 32.2. The normalized spacial score (nSPS) is 16.6. The van der Waals surface area contributed by atoms with Gasteiger partial charge in [-0.25, -0.2) is 4.79 Å². The molecule has 1 aromatic carbocycles. The number of rotatable bonds is 10. The van der Waals surface area contributed by atoms with Gasteiger partial charge in [-0.05, 0) is 50.0 Å². The van der Waals surface area contributed by atoms with Crippen LogP contribution in [0.5, 0.6) is 5.75 Å². The maximum Gasteiger partial charge on any atom is 0.326 e. The molecule has 1 aliphatic heterocycles. The molecule has 2 atom stereocenters. The van der Waals surface area contributed by atoms with Gasteiger partial charge in [0.2, 0.25) is 5.91 Å². The van der Waals surface area contributed by atoms with E-state index in [2.05, 4.69) is 5.32 Å². The van der Waals surface area contributed by atoms with Crippen LogP contribution in [0.3, 0.4) is 0 Å². The molecule has 0 aliphatic carbocycles. The predicted octanol–water partition coefficient (Wildman–Crippen LogP) is 2.11. The second kappa shape index (κ2) is 10.3. The largest absolute Gasteiger partial charge is 0.480 e. The van der Waals surface area contributed by atoms with Crippen LogP contribution in [0.2, 0.25) is 0 Å². The molecule has 2 rings (SSSR count). The van der Waals surface area contributed by atoms with Crippen molar-refractivity contribution in [3.8, 4) is 5.75 Å². The Morgan fingerprint density at radius 2 is 2.07 bits per heavy atom. The molecule has 0 aromatic heterocycles. The van der Waals surface area contributed by atoms with Gasteiger partial charge in [-0.15, -0.1) is 0 Å². The zero-order chi connectivity index (χ0) is 21.6. The summed E-state index contributed by atoms with van der Waals surface area (Å²) < 4.78 is 5.59. The van der Waals surface area contributed by atoms with E-state index in [1.807, 2.05) is 13.2 Å². The molecule has 1 aliphatic rings. The number of hydrogen-bond donors (Lipinski definition) is 2. The van der Waals surface area contributed by atoms with Crippen LogP contribution >= 0.6 is 11.8 Å². The SMILES string of the molecule is CCCC(=O)c1ccc2c(c1)N(CC(=O)NC(CCSC)C(=O)O)C(=O)C(C)O2.